The van der Waals surface area contributed by atoms with Crippen LogP contribution in [0.15, 0.2) is 42.5 Å². The highest BCUT2D eigenvalue weighted by Gasteiger charge is 2.15. The van der Waals surface area contributed by atoms with Crippen molar-refractivity contribution in [1.82, 2.24) is 5.32 Å². The third-order valence-corrected chi connectivity index (χ3v) is 3.94. The summed E-state index contributed by atoms with van der Waals surface area (Å²) < 4.78 is 5.69. The molecule has 0 heterocycles. The van der Waals surface area contributed by atoms with Gasteiger partial charge in [-0.3, -0.25) is 4.79 Å². The van der Waals surface area contributed by atoms with Gasteiger partial charge in [0.25, 0.3) is 5.91 Å². The Hall–Kier alpha value is -2.00. The molecule has 1 atom stereocenters. The molecule has 0 aliphatic heterocycles. The second kappa shape index (κ2) is 7.32. The van der Waals surface area contributed by atoms with Crippen LogP contribution in [-0.2, 0) is 11.3 Å². The van der Waals surface area contributed by atoms with Gasteiger partial charge < -0.3 is 10.1 Å². The molecule has 1 amide bonds. The number of aryl methyl sites for hydroxylation is 2. The molecule has 0 aliphatic carbocycles. The summed E-state index contributed by atoms with van der Waals surface area (Å²) in [5, 5.41) is 3.48. The summed E-state index contributed by atoms with van der Waals surface area (Å²) >= 11 is 6.07. The van der Waals surface area contributed by atoms with Crippen LogP contribution in [0.2, 0.25) is 5.02 Å². The summed E-state index contributed by atoms with van der Waals surface area (Å²) in [6.07, 6.45) is -0.565. The number of ether oxygens (including phenoxy) is 1. The lowest BCUT2D eigenvalue weighted by molar-refractivity contribution is -0.127. The third-order valence-electron chi connectivity index (χ3n) is 3.57. The van der Waals surface area contributed by atoms with Crippen LogP contribution in [0.3, 0.4) is 0 Å². The molecule has 2 rings (SSSR count). The van der Waals surface area contributed by atoms with Gasteiger partial charge in [-0.25, -0.2) is 0 Å². The number of benzene rings is 2. The van der Waals surface area contributed by atoms with Crippen molar-refractivity contribution in [3.05, 3.63) is 64.2 Å². The topological polar surface area (TPSA) is 38.3 Å². The van der Waals surface area contributed by atoms with Gasteiger partial charge in [-0.2, -0.15) is 0 Å². The number of hydrogen-bond acceptors (Lipinski definition) is 2. The Bertz CT molecular complexity index is 670. The zero-order chi connectivity index (χ0) is 16.1. The van der Waals surface area contributed by atoms with E-state index in [2.05, 4.69) is 5.32 Å². The number of carbonyl (C=O) groups excluding carboxylic acids is 1. The van der Waals surface area contributed by atoms with Gasteiger partial charge in [-0.05, 0) is 55.7 Å². The average Bonchev–Trinajstić information content (AvgIpc) is 2.50. The minimum atomic E-state index is -0.565. The molecule has 2 aromatic rings. The lowest BCUT2D eigenvalue weighted by Gasteiger charge is -2.16. The highest BCUT2D eigenvalue weighted by Crippen LogP contribution is 2.18. The lowest BCUT2D eigenvalue weighted by atomic mass is 10.1. The highest BCUT2D eigenvalue weighted by molar-refractivity contribution is 6.31. The molecule has 0 aliphatic rings. The standard InChI is InChI=1S/C18H20ClNO2/c1-12-8-9-16(10-13(12)2)22-14(3)18(21)20-11-15-6-4-5-7-17(15)19/h4-10,14H,11H2,1-3H3,(H,20,21)/t14-/m1/s1. The van der Waals surface area contributed by atoms with Crippen molar-refractivity contribution in [2.24, 2.45) is 0 Å². The van der Waals surface area contributed by atoms with E-state index in [1.807, 2.05) is 50.2 Å². The molecule has 0 fully saturated rings. The molecular formula is C18H20ClNO2. The van der Waals surface area contributed by atoms with E-state index in [1.165, 1.54) is 5.56 Å². The molecule has 0 unspecified atom stereocenters. The van der Waals surface area contributed by atoms with Crippen molar-refractivity contribution in [2.45, 2.75) is 33.4 Å². The molecule has 22 heavy (non-hydrogen) atoms. The van der Waals surface area contributed by atoms with Gasteiger partial charge in [-0.1, -0.05) is 35.9 Å². The summed E-state index contributed by atoms with van der Waals surface area (Å²) in [6, 6.07) is 13.2. The normalized spacial score (nSPS) is 11.8. The van der Waals surface area contributed by atoms with E-state index < -0.39 is 6.10 Å². The first-order valence-electron chi connectivity index (χ1n) is 7.22. The number of rotatable bonds is 5. The van der Waals surface area contributed by atoms with E-state index in [1.54, 1.807) is 13.0 Å². The molecule has 1 N–H and O–H groups in total. The number of hydrogen-bond donors (Lipinski definition) is 1. The molecule has 0 saturated carbocycles. The van der Waals surface area contributed by atoms with E-state index in [0.717, 1.165) is 11.1 Å². The van der Waals surface area contributed by atoms with Crippen LogP contribution >= 0.6 is 11.6 Å². The van der Waals surface area contributed by atoms with Gasteiger partial charge in [0.15, 0.2) is 6.10 Å². The van der Waals surface area contributed by atoms with Gasteiger partial charge >= 0.3 is 0 Å². The van der Waals surface area contributed by atoms with E-state index in [4.69, 9.17) is 16.3 Å². The predicted molar refractivity (Wildman–Crippen MR) is 89.3 cm³/mol. The molecule has 3 nitrogen and oxygen atoms in total. The second-order valence-corrected chi connectivity index (χ2v) is 5.72. The Morgan fingerprint density at radius 2 is 1.91 bits per heavy atom. The van der Waals surface area contributed by atoms with Crippen molar-refractivity contribution in [3.8, 4) is 5.75 Å². The Labute approximate surface area is 136 Å². The molecular weight excluding hydrogens is 298 g/mol. The summed E-state index contributed by atoms with van der Waals surface area (Å²) in [7, 11) is 0. The third kappa shape index (κ3) is 4.25. The van der Waals surface area contributed by atoms with Crippen LogP contribution in [0.5, 0.6) is 5.75 Å². The average molecular weight is 318 g/mol. The predicted octanol–water partition coefficient (Wildman–Crippen LogP) is 4.04. The molecule has 0 spiro atoms. The number of halogens is 1. The number of carbonyl (C=O) groups is 1. The Morgan fingerprint density at radius 1 is 1.18 bits per heavy atom. The van der Waals surface area contributed by atoms with E-state index >= 15 is 0 Å². The van der Waals surface area contributed by atoms with Crippen molar-refractivity contribution in [1.29, 1.82) is 0 Å². The van der Waals surface area contributed by atoms with Crippen LogP contribution in [0, 0.1) is 13.8 Å². The van der Waals surface area contributed by atoms with Crippen LogP contribution in [0.4, 0.5) is 0 Å². The maximum atomic E-state index is 12.1. The van der Waals surface area contributed by atoms with E-state index in [-0.39, 0.29) is 5.91 Å². The first kappa shape index (κ1) is 16.4. The molecule has 0 saturated heterocycles. The largest absolute Gasteiger partial charge is 0.481 e. The van der Waals surface area contributed by atoms with E-state index in [9.17, 15) is 4.79 Å². The SMILES string of the molecule is Cc1ccc(O[C@H](C)C(=O)NCc2ccccc2Cl)cc1C. The smallest absolute Gasteiger partial charge is 0.261 e. The minimum Gasteiger partial charge on any atom is -0.481 e. The van der Waals surface area contributed by atoms with Crippen molar-refractivity contribution in [3.63, 3.8) is 0 Å². The monoisotopic (exact) mass is 317 g/mol. The van der Waals surface area contributed by atoms with Crippen LogP contribution in [0.1, 0.15) is 23.6 Å². The Morgan fingerprint density at radius 3 is 2.59 bits per heavy atom. The quantitative estimate of drug-likeness (QED) is 0.903. The molecule has 0 aromatic heterocycles. The molecule has 4 heteroatoms. The first-order chi connectivity index (χ1) is 10.5. The Balaban J connectivity index is 1.92. The fourth-order valence-electron chi connectivity index (χ4n) is 2.01. The van der Waals surface area contributed by atoms with Crippen molar-refractivity contribution < 1.29 is 9.53 Å². The summed E-state index contributed by atoms with van der Waals surface area (Å²) in [5.74, 6) is 0.529. The number of nitrogens with one attached hydrogen (secondary N) is 1. The fraction of sp³-hybridized carbons (Fsp3) is 0.278. The molecule has 116 valence electrons. The van der Waals surface area contributed by atoms with Gasteiger partial charge in [0.05, 0.1) is 0 Å². The summed E-state index contributed by atoms with van der Waals surface area (Å²) in [5.41, 5.74) is 3.22. The second-order valence-electron chi connectivity index (χ2n) is 5.32. The molecule has 0 radical (unpaired) electrons. The van der Waals surface area contributed by atoms with E-state index in [0.29, 0.717) is 17.3 Å². The lowest BCUT2D eigenvalue weighted by Crippen LogP contribution is -2.35. The zero-order valence-corrected chi connectivity index (χ0v) is 13.8. The van der Waals surface area contributed by atoms with Crippen LogP contribution < -0.4 is 10.1 Å². The van der Waals surface area contributed by atoms with Gasteiger partial charge in [0, 0.05) is 11.6 Å². The number of amides is 1. The van der Waals surface area contributed by atoms with Gasteiger partial charge in [0.2, 0.25) is 0 Å². The molecule has 0 bridgehead atoms. The van der Waals surface area contributed by atoms with Crippen LogP contribution in [-0.4, -0.2) is 12.0 Å². The maximum Gasteiger partial charge on any atom is 0.261 e. The highest BCUT2D eigenvalue weighted by atomic mass is 35.5. The van der Waals surface area contributed by atoms with Gasteiger partial charge in [0.1, 0.15) is 5.75 Å². The first-order valence-corrected chi connectivity index (χ1v) is 7.60. The summed E-state index contributed by atoms with van der Waals surface area (Å²) in [4.78, 5) is 12.1. The van der Waals surface area contributed by atoms with Crippen LogP contribution in [0.25, 0.3) is 0 Å². The molecule has 2 aromatic carbocycles. The van der Waals surface area contributed by atoms with Crippen molar-refractivity contribution >= 4 is 17.5 Å². The minimum absolute atomic E-state index is 0.168. The Kier molecular flexibility index (Phi) is 5.45. The van der Waals surface area contributed by atoms with Crippen molar-refractivity contribution in [2.75, 3.05) is 0 Å². The van der Waals surface area contributed by atoms with Gasteiger partial charge in [-0.15, -0.1) is 0 Å². The maximum absolute atomic E-state index is 12.1. The fourth-order valence-corrected chi connectivity index (χ4v) is 2.22. The zero-order valence-electron chi connectivity index (χ0n) is 13.0. The summed E-state index contributed by atoms with van der Waals surface area (Å²) in [6.45, 7) is 6.18.